The molecule has 1 aliphatic heterocycles. The molecule has 3 atom stereocenters. The molecule has 3 aromatic rings. The van der Waals surface area contributed by atoms with E-state index in [-0.39, 0.29) is 18.8 Å². The first-order valence-electron chi connectivity index (χ1n) is 14.2. The van der Waals surface area contributed by atoms with E-state index in [0.717, 1.165) is 34.1 Å². The first-order chi connectivity index (χ1) is 22.1. The number of aryl methyl sites for hydroxylation is 1. The molecule has 0 spiro atoms. The van der Waals surface area contributed by atoms with E-state index in [1.165, 1.54) is 13.1 Å². The molecule has 0 amide bonds. The van der Waals surface area contributed by atoms with E-state index in [4.69, 9.17) is 27.3 Å². The van der Waals surface area contributed by atoms with Gasteiger partial charge in [0.2, 0.25) is 0 Å². The summed E-state index contributed by atoms with van der Waals surface area (Å²) in [6.45, 7) is 0.313. The lowest BCUT2D eigenvalue weighted by atomic mass is 9.96. The summed E-state index contributed by atoms with van der Waals surface area (Å²) in [6, 6.07) is 17.8. The summed E-state index contributed by atoms with van der Waals surface area (Å²) < 4.78 is 84.2. The molecule has 0 bridgehead atoms. The highest BCUT2D eigenvalue weighted by molar-refractivity contribution is 7.86. The van der Waals surface area contributed by atoms with Gasteiger partial charge in [0.25, 0.3) is 25.8 Å². The van der Waals surface area contributed by atoms with Gasteiger partial charge < -0.3 is 18.9 Å². The number of carbonyl (C=O) groups is 1. The van der Waals surface area contributed by atoms with Gasteiger partial charge in [0.15, 0.2) is 17.9 Å². The summed E-state index contributed by atoms with van der Waals surface area (Å²) in [4.78, 5) is 39.4. The number of benzene rings is 2. The van der Waals surface area contributed by atoms with Gasteiger partial charge in [-0.3, -0.25) is 22.5 Å². The van der Waals surface area contributed by atoms with E-state index < -0.39 is 81.4 Å². The molecule has 2 aromatic carbocycles. The lowest BCUT2D eigenvalue weighted by molar-refractivity contribution is -0.159. The minimum absolute atomic E-state index is 0.0807. The van der Waals surface area contributed by atoms with Gasteiger partial charge in [0.1, 0.15) is 26.0 Å². The van der Waals surface area contributed by atoms with Gasteiger partial charge >= 0.3 is 11.7 Å². The van der Waals surface area contributed by atoms with Crippen molar-refractivity contribution in [2.75, 3.05) is 25.7 Å². The Hall–Kier alpha value is -3.71. The third kappa shape index (κ3) is 9.66. The number of hydrogen-bond donors (Lipinski definition) is 0. The van der Waals surface area contributed by atoms with Gasteiger partial charge in [-0.05, 0) is 18.1 Å². The number of hydrogen-bond acceptors (Lipinski definition) is 13. The summed E-state index contributed by atoms with van der Waals surface area (Å²) in [7, 11) is -8.31. The van der Waals surface area contributed by atoms with Crippen LogP contribution in [0.3, 0.4) is 0 Å². The van der Waals surface area contributed by atoms with Crippen LogP contribution >= 0.6 is 0 Å². The Morgan fingerprint density at radius 1 is 0.872 bits per heavy atom. The van der Waals surface area contributed by atoms with Crippen LogP contribution in [0.5, 0.6) is 0 Å². The molecule has 0 saturated carbocycles. The van der Waals surface area contributed by atoms with E-state index >= 15 is 0 Å². The number of nitrogens with zero attached hydrogens (tertiary/aromatic N) is 2. The third-order valence-corrected chi connectivity index (χ3v) is 8.13. The number of ether oxygens (including phenoxy) is 4. The van der Waals surface area contributed by atoms with Gasteiger partial charge in [-0.1, -0.05) is 60.7 Å². The standard InChI is InChI=1S/C30H36N2O13S2/c1-21-15-31(29(35)32(27(21)34)20-40-16-23-11-7-5-8-12-23)28-25(44-22(2)33)26(41-17-24-13-9-6-10-14-24)30(45-28,18-42-46(3,36)37)19-43-47(4,38)39/h5-15,25-26,28H,16-20H2,1-4H3/t25-,26-,28-/m1/s1. The normalized spacial score (nSPS) is 19.4. The zero-order chi connectivity index (χ0) is 34.4. The van der Waals surface area contributed by atoms with Crippen molar-refractivity contribution in [3.05, 3.63) is 104 Å². The maximum absolute atomic E-state index is 13.9. The molecule has 17 heteroatoms. The summed E-state index contributed by atoms with van der Waals surface area (Å²) in [5.74, 6) is -0.829. The fraction of sp³-hybridized carbons (Fsp3) is 0.433. The van der Waals surface area contributed by atoms with Crippen LogP contribution in [-0.2, 0) is 72.3 Å². The van der Waals surface area contributed by atoms with Gasteiger partial charge in [0.05, 0.1) is 25.7 Å². The Balaban J connectivity index is 1.82. The van der Waals surface area contributed by atoms with Gasteiger partial charge in [-0.15, -0.1) is 0 Å². The maximum atomic E-state index is 13.9. The molecule has 15 nitrogen and oxygen atoms in total. The second kappa shape index (κ2) is 15.0. The van der Waals surface area contributed by atoms with Crippen LogP contribution in [-0.4, -0.2) is 75.5 Å². The minimum Gasteiger partial charge on any atom is -0.455 e. The summed E-state index contributed by atoms with van der Waals surface area (Å²) in [6.07, 6.45) is -1.84. The van der Waals surface area contributed by atoms with E-state index in [0.29, 0.717) is 5.56 Å². The number of rotatable bonds is 15. The van der Waals surface area contributed by atoms with E-state index in [1.807, 2.05) is 6.07 Å². The zero-order valence-electron chi connectivity index (χ0n) is 26.1. The second-order valence-corrected chi connectivity index (χ2v) is 14.3. The largest absolute Gasteiger partial charge is 0.455 e. The summed E-state index contributed by atoms with van der Waals surface area (Å²) in [5, 5.41) is 0. The highest BCUT2D eigenvalue weighted by Gasteiger charge is 2.60. The first-order valence-corrected chi connectivity index (χ1v) is 17.9. The first kappa shape index (κ1) is 36.1. The molecule has 4 rings (SSSR count). The summed E-state index contributed by atoms with van der Waals surface area (Å²) in [5.41, 5.74) is -2.16. The van der Waals surface area contributed by atoms with Crippen LogP contribution in [0.2, 0.25) is 0 Å². The van der Waals surface area contributed by atoms with Crippen LogP contribution in [0, 0.1) is 6.92 Å². The van der Waals surface area contributed by atoms with Crippen LogP contribution < -0.4 is 11.2 Å². The van der Waals surface area contributed by atoms with Crippen molar-refractivity contribution >= 4 is 26.2 Å². The van der Waals surface area contributed by atoms with Crippen LogP contribution in [0.15, 0.2) is 76.4 Å². The van der Waals surface area contributed by atoms with Crippen molar-refractivity contribution in [2.24, 2.45) is 0 Å². The van der Waals surface area contributed by atoms with Crippen LogP contribution in [0.4, 0.5) is 0 Å². The van der Waals surface area contributed by atoms with Crippen molar-refractivity contribution in [3.8, 4) is 0 Å². The van der Waals surface area contributed by atoms with Gasteiger partial charge in [-0.2, -0.15) is 16.8 Å². The Morgan fingerprint density at radius 3 is 1.91 bits per heavy atom. The quantitative estimate of drug-likeness (QED) is 0.163. The molecule has 0 N–H and O–H groups in total. The predicted molar refractivity (Wildman–Crippen MR) is 166 cm³/mol. The molecular formula is C30H36N2O13S2. The zero-order valence-corrected chi connectivity index (χ0v) is 27.8. The topological polar surface area (TPSA) is 185 Å². The molecule has 1 aliphatic rings. The van der Waals surface area contributed by atoms with E-state index in [1.54, 1.807) is 54.6 Å². The molecule has 0 aliphatic carbocycles. The van der Waals surface area contributed by atoms with Crippen molar-refractivity contribution in [3.63, 3.8) is 0 Å². The number of aromatic nitrogens is 2. The number of carbonyl (C=O) groups excluding carboxylic acids is 1. The lowest BCUT2D eigenvalue weighted by Gasteiger charge is -2.33. The van der Waals surface area contributed by atoms with Crippen LogP contribution in [0.25, 0.3) is 0 Å². The van der Waals surface area contributed by atoms with E-state index in [9.17, 15) is 31.2 Å². The van der Waals surface area contributed by atoms with Crippen molar-refractivity contribution in [1.29, 1.82) is 0 Å². The smallest absolute Gasteiger partial charge is 0.335 e. The van der Waals surface area contributed by atoms with Gasteiger partial charge in [0, 0.05) is 18.7 Å². The fourth-order valence-electron chi connectivity index (χ4n) is 4.93. The predicted octanol–water partition coefficient (Wildman–Crippen LogP) is 1.23. The molecule has 0 unspecified atom stereocenters. The van der Waals surface area contributed by atoms with Crippen molar-refractivity contribution < 1.29 is 48.9 Å². The lowest BCUT2D eigenvalue weighted by Crippen LogP contribution is -2.53. The highest BCUT2D eigenvalue weighted by Crippen LogP contribution is 2.42. The monoisotopic (exact) mass is 696 g/mol. The Labute approximate surface area is 271 Å². The van der Waals surface area contributed by atoms with E-state index in [2.05, 4.69) is 0 Å². The minimum atomic E-state index is -4.16. The summed E-state index contributed by atoms with van der Waals surface area (Å²) >= 11 is 0. The Morgan fingerprint density at radius 2 is 1.40 bits per heavy atom. The van der Waals surface area contributed by atoms with Crippen molar-refractivity contribution in [1.82, 2.24) is 9.13 Å². The average molecular weight is 697 g/mol. The second-order valence-electron chi connectivity index (χ2n) is 11.0. The maximum Gasteiger partial charge on any atom is 0.335 e. The molecular weight excluding hydrogens is 660 g/mol. The molecule has 2 heterocycles. The third-order valence-electron chi connectivity index (χ3n) is 7.04. The molecule has 1 fully saturated rings. The van der Waals surface area contributed by atoms with Crippen molar-refractivity contribution in [2.45, 2.75) is 57.8 Å². The van der Waals surface area contributed by atoms with Gasteiger partial charge in [-0.25, -0.2) is 9.36 Å². The SMILES string of the molecule is CC(=O)O[C@H]1[C@H](n2cc(C)c(=O)n(COCc3ccccc3)c2=O)OC(COS(C)(=O)=O)(COS(C)(=O)=O)[C@@H]1OCc1ccccc1. The highest BCUT2D eigenvalue weighted by atomic mass is 32.2. The Bertz CT molecular complexity index is 1840. The average Bonchev–Trinajstić information content (AvgIpc) is 3.30. The molecule has 256 valence electrons. The van der Waals surface area contributed by atoms with Crippen LogP contribution in [0.1, 0.15) is 29.8 Å². The number of esters is 1. The molecule has 47 heavy (non-hydrogen) atoms. The molecule has 1 saturated heterocycles. The fourth-order valence-corrected chi connectivity index (χ4v) is 5.76. The molecule has 1 aromatic heterocycles. The Kier molecular flexibility index (Phi) is 11.5. The molecule has 0 radical (unpaired) electrons.